The second kappa shape index (κ2) is 8.71. The molecule has 2 amide bonds. The molecule has 0 bridgehead atoms. The topological polar surface area (TPSA) is 82.1 Å². The summed E-state index contributed by atoms with van der Waals surface area (Å²) in [6.45, 7) is 2.51. The van der Waals surface area contributed by atoms with Gasteiger partial charge in [-0.25, -0.2) is 14.0 Å². The Morgan fingerprint density at radius 1 is 1.18 bits per heavy atom. The zero-order valence-corrected chi connectivity index (χ0v) is 15.5. The van der Waals surface area contributed by atoms with Gasteiger partial charge in [0.25, 0.3) is 0 Å². The summed E-state index contributed by atoms with van der Waals surface area (Å²) in [5.74, 6) is -1.21. The van der Waals surface area contributed by atoms with E-state index in [0.29, 0.717) is 37.6 Å². The molecule has 1 aliphatic heterocycles. The largest absolute Gasteiger partial charge is 0.497 e. The summed E-state index contributed by atoms with van der Waals surface area (Å²) in [6.07, 6.45) is 0. The molecule has 1 heterocycles. The molecule has 2 aromatic rings. The standard InChI is InChI=1S/C20H22FN3O4/c1-28-17-6-4-16(5-7-17)24(20(27)23-10-8-22-9-11-23)13-15-3-2-14(19(25)26)12-18(15)21/h2-7,12,22H,8-11,13H2,1H3,(H,25,26). The Kier molecular flexibility index (Phi) is 6.10. The molecule has 0 atom stereocenters. The third-order valence-electron chi connectivity index (χ3n) is 4.63. The first kappa shape index (κ1) is 19.6. The predicted octanol–water partition coefficient (Wildman–Crippen LogP) is 2.56. The lowest BCUT2D eigenvalue weighted by Crippen LogP contribution is -2.51. The van der Waals surface area contributed by atoms with E-state index >= 15 is 0 Å². The number of methoxy groups -OCH3 is 1. The van der Waals surface area contributed by atoms with E-state index in [9.17, 15) is 14.0 Å². The molecule has 0 spiro atoms. The third kappa shape index (κ3) is 4.40. The maximum absolute atomic E-state index is 14.5. The number of carboxylic acids is 1. The lowest BCUT2D eigenvalue weighted by atomic mass is 10.1. The minimum Gasteiger partial charge on any atom is -0.497 e. The molecule has 2 aromatic carbocycles. The number of halogens is 1. The van der Waals surface area contributed by atoms with Gasteiger partial charge >= 0.3 is 12.0 Å². The SMILES string of the molecule is COc1ccc(N(Cc2ccc(C(=O)O)cc2F)C(=O)N2CCNCC2)cc1. The molecule has 148 valence electrons. The van der Waals surface area contributed by atoms with Crippen LogP contribution < -0.4 is 15.0 Å². The second-order valence-corrected chi connectivity index (χ2v) is 6.42. The van der Waals surface area contributed by atoms with Gasteiger partial charge < -0.3 is 20.1 Å². The number of benzene rings is 2. The van der Waals surface area contributed by atoms with E-state index in [-0.39, 0.29) is 23.7 Å². The van der Waals surface area contributed by atoms with Crippen LogP contribution in [0.2, 0.25) is 0 Å². The lowest BCUT2D eigenvalue weighted by molar-refractivity contribution is 0.0696. The van der Waals surface area contributed by atoms with Crippen molar-refractivity contribution in [2.75, 3.05) is 38.2 Å². The van der Waals surface area contributed by atoms with E-state index in [1.807, 2.05) is 0 Å². The molecule has 0 aliphatic carbocycles. The van der Waals surface area contributed by atoms with Crippen molar-refractivity contribution in [2.45, 2.75) is 6.54 Å². The Balaban J connectivity index is 1.91. The summed E-state index contributed by atoms with van der Waals surface area (Å²) in [4.78, 5) is 27.4. The van der Waals surface area contributed by atoms with Gasteiger partial charge in [0.1, 0.15) is 11.6 Å². The summed E-state index contributed by atoms with van der Waals surface area (Å²) < 4.78 is 19.6. The van der Waals surface area contributed by atoms with E-state index in [2.05, 4.69) is 5.32 Å². The highest BCUT2D eigenvalue weighted by atomic mass is 19.1. The van der Waals surface area contributed by atoms with Gasteiger partial charge in [0.15, 0.2) is 0 Å². The molecular weight excluding hydrogens is 365 g/mol. The number of ether oxygens (including phenoxy) is 1. The van der Waals surface area contributed by atoms with Crippen molar-refractivity contribution in [1.82, 2.24) is 10.2 Å². The van der Waals surface area contributed by atoms with Gasteiger partial charge in [0.2, 0.25) is 0 Å². The number of rotatable bonds is 5. The lowest BCUT2D eigenvalue weighted by Gasteiger charge is -2.33. The van der Waals surface area contributed by atoms with Crippen LogP contribution in [-0.2, 0) is 6.54 Å². The van der Waals surface area contributed by atoms with Crippen LogP contribution in [0.3, 0.4) is 0 Å². The molecule has 0 aromatic heterocycles. The average Bonchev–Trinajstić information content (AvgIpc) is 2.73. The summed E-state index contributed by atoms with van der Waals surface area (Å²) in [5, 5.41) is 12.2. The van der Waals surface area contributed by atoms with E-state index in [0.717, 1.165) is 6.07 Å². The van der Waals surface area contributed by atoms with Crippen molar-refractivity contribution >= 4 is 17.7 Å². The number of carboxylic acid groups (broad SMARTS) is 1. The van der Waals surface area contributed by atoms with Crippen molar-refractivity contribution in [1.29, 1.82) is 0 Å². The summed E-state index contributed by atoms with van der Waals surface area (Å²) in [6, 6.07) is 10.4. The summed E-state index contributed by atoms with van der Waals surface area (Å²) in [5.41, 5.74) is 0.709. The number of urea groups is 1. The van der Waals surface area contributed by atoms with Crippen molar-refractivity contribution in [3.63, 3.8) is 0 Å². The number of amides is 2. The highest BCUT2D eigenvalue weighted by Crippen LogP contribution is 2.24. The molecule has 28 heavy (non-hydrogen) atoms. The number of anilines is 1. The quantitative estimate of drug-likeness (QED) is 0.824. The van der Waals surface area contributed by atoms with Gasteiger partial charge in [-0.2, -0.15) is 0 Å². The number of hydrogen-bond donors (Lipinski definition) is 2. The van der Waals surface area contributed by atoms with Crippen LogP contribution in [0.4, 0.5) is 14.9 Å². The minimum absolute atomic E-state index is 0.0131. The van der Waals surface area contributed by atoms with Gasteiger partial charge in [-0.05, 0) is 36.4 Å². The van der Waals surface area contributed by atoms with E-state index in [4.69, 9.17) is 9.84 Å². The van der Waals surface area contributed by atoms with E-state index in [1.54, 1.807) is 36.3 Å². The zero-order valence-electron chi connectivity index (χ0n) is 15.5. The average molecular weight is 387 g/mol. The normalized spacial score (nSPS) is 13.9. The molecule has 0 saturated carbocycles. The van der Waals surface area contributed by atoms with Crippen LogP contribution >= 0.6 is 0 Å². The highest BCUT2D eigenvalue weighted by molar-refractivity contribution is 5.92. The van der Waals surface area contributed by atoms with Crippen molar-refractivity contribution < 1.29 is 23.8 Å². The van der Waals surface area contributed by atoms with Crippen LogP contribution in [0.5, 0.6) is 5.75 Å². The number of hydrogen-bond acceptors (Lipinski definition) is 4. The Bertz CT molecular complexity index is 851. The number of nitrogens with zero attached hydrogens (tertiary/aromatic N) is 2. The van der Waals surface area contributed by atoms with E-state index < -0.39 is 11.8 Å². The maximum Gasteiger partial charge on any atom is 0.335 e. The van der Waals surface area contributed by atoms with Gasteiger partial charge in [-0.1, -0.05) is 6.07 Å². The van der Waals surface area contributed by atoms with Gasteiger partial charge in [-0.15, -0.1) is 0 Å². The zero-order chi connectivity index (χ0) is 20.1. The third-order valence-corrected chi connectivity index (χ3v) is 4.63. The monoisotopic (exact) mass is 387 g/mol. The fourth-order valence-electron chi connectivity index (χ4n) is 3.04. The smallest absolute Gasteiger partial charge is 0.335 e. The fourth-order valence-corrected chi connectivity index (χ4v) is 3.04. The number of aromatic carboxylic acids is 1. The Hall–Kier alpha value is -3.13. The Labute approximate surface area is 162 Å². The molecule has 2 N–H and O–H groups in total. The molecule has 7 nitrogen and oxygen atoms in total. The first-order valence-electron chi connectivity index (χ1n) is 8.92. The van der Waals surface area contributed by atoms with Crippen molar-refractivity contribution in [2.24, 2.45) is 0 Å². The van der Waals surface area contributed by atoms with Gasteiger partial charge in [0.05, 0.1) is 19.2 Å². The maximum atomic E-state index is 14.5. The number of carbonyl (C=O) groups excluding carboxylic acids is 1. The molecule has 0 unspecified atom stereocenters. The fraction of sp³-hybridized carbons (Fsp3) is 0.300. The number of carbonyl (C=O) groups is 2. The first-order chi connectivity index (χ1) is 13.5. The summed E-state index contributed by atoms with van der Waals surface area (Å²) in [7, 11) is 1.55. The van der Waals surface area contributed by atoms with Crippen molar-refractivity contribution in [3.05, 3.63) is 59.4 Å². The molecule has 3 rings (SSSR count). The highest BCUT2D eigenvalue weighted by Gasteiger charge is 2.25. The van der Waals surface area contributed by atoms with Crippen LogP contribution in [0.1, 0.15) is 15.9 Å². The van der Waals surface area contributed by atoms with Crippen LogP contribution in [-0.4, -0.2) is 55.3 Å². The predicted molar refractivity (Wildman–Crippen MR) is 102 cm³/mol. The van der Waals surface area contributed by atoms with Crippen LogP contribution in [0.15, 0.2) is 42.5 Å². The molecule has 1 fully saturated rings. The van der Waals surface area contributed by atoms with Crippen molar-refractivity contribution in [3.8, 4) is 5.75 Å². The second-order valence-electron chi connectivity index (χ2n) is 6.42. The Morgan fingerprint density at radius 2 is 1.86 bits per heavy atom. The first-order valence-corrected chi connectivity index (χ1v) is 8.92. The minimum atomic E-state index is -1.20. The molecule has 1 aliphatic rings. The Morgan fingerprint density at radius 3 is 2.43 bits per heavy atom. The van der Waals surface area contributed by atoms with Gasteiger partial charge in [-0.3, -0.25) is 4.90 Å². The molecular formula is C20H22FN3O4. The van der Waals surface area contributed by atoms with Crippen LogP contribution in [0.25, 0.3) is 0 Å². The molecule has 8 heteroatoms. The van der Waals surface area contributed by atoms with Crippen LogP contribution in [0, 0.1) is 5.82 Å². The number of piperazine rings is 1. The van der Waals surface area contributed by atoms with Gasteiger partial charge in [0, 0.05) is 37.4 Å². The molecule has 0 radical (unpaired) electrons. The molecule has 1 saturated heterocycles. The summed E-state index contributed by atoms with van der Waals surface area (Å²) >= 11 is 0. The van der Waals surface area contributed by atoms with E-state index in [1.165, 1.54) is 17.0 Å². The number of nitrogens with one attached hydrogen (secondary N) is 1.